The van der Waals surface area contributed by atoms with Crippen LogP contribution >= 0.6 is 0 Å². The smallest absolute Gasteiger partial charge is 0.0958 e. The van der Waals surface area contributed by atoms with Crippen LogP contribution in [0.5, 0.6) is 0 Å². The Labute approximate surface area is 96.5 Å². The summed E-state index contributed by atoms with van der Waals surface area (Å²) in [7, 11) is 0. The zero-order valence-corrected chi connectivity index (χ0v) is 9.72. The minimum Gasteiger partial charge on any atom is -0.385 e. The van der Waals surface area contributed by atoms with E-state index in [0.717, 1.165) is 18.4 Å². The van der Waals surface area contributed by atoms with Crippen LogP contribution in [0.3, 0.4) is 0 Å². The molecule has 1 N–H and O–H groups in total. The third kappa shape index (κ3) is 2.42. The van der Waals surface area contributed by atoms with Crippen molar-refractivity contribution in [2.75, 3.05) is 6.61 Å². The lowest BCUT2D eigenvalue weighted by Gasteiger charge is -2.37. The fourth-order valence-electron chi connectivity index (χ4n) is 2.34. The second-order valence-electron chi connectivity index (χ2n) is 4.51. The van der Waals surface area contributed by atoms with Gasteiger partial charge in [-0.25, -0.2) is 0 Å². The van der Waals surface area contributed by atoms with E-state index in [1.54, 1.807) is 12.4 Å². The van der Waals surface area contributed by atoms with E-state index in [1.807, 2.05) is 12.1 Å². The van der Waals surface area contributed by atoms with Crippen LogP contribution in [0, 0.1) is 0 Å². The number of aliphatic hydroxyl groups is 1. The molecular formula is C13H19NO2. The summed E-state index contributed by atoms with van der Waals surface area (Å²) in [4.78, 5) is 4.08. The lowest BCUT2D eigenvalue weighted by molar-refractivity contribution is -0.110. The molecule has 3 nitrogen and oxygen atoms in total. The predicted molar refractivity (Wildman–Crippen MR) is 62.0 cm³/mol. The standard InChI is InChI=1S/C13H19NO2/c1-2-4-12-9-13(15,6-8-16-12)11-5-3-7-14-10-11/h3,5,7,10,12,15H,2,4,6,8-9H2,1H3. The monoisotopic (exact) mass is 221 g/mol. The maximum Gasteiger partial charge on any atom is 0.0958 e. The van der Waals surface area contributed by atoms with E-state index >= 15 is 0 Å². The highest BCUT2D eigenvalue weighted by Gasteiger charge is 2.36. The second-order valence-corrected chi connectivity index (χ2v) is 4.51. The lowest BCUT2D eigenvalue weighted by Crippen LogP contribution is -2.38. The molecule has 1 aliphatic rings. The quantitative estimate of drug-likeness (QED) is 0.851. The van der Waals surface area contributed by atoms with Crippen molar-refractivity contribution in [1.29, 1.82) is 0 Å². The third-order valence-electron chi connectivity index (χ3n) is 3.24. The van der Waals surface area contributed by atoms with Gasteiger partial charge in [0.25, 0.3) is 0 Å². The summed E-state index contributed by atoms with van der Waals surface area (Å²) in [5.41, 5.74) is 0.172. The Hall–Kier alpha value is -0.930. The van der Waals surface area contributed by atoms with Gasteiger partial charge >= 0.3 is 0 Å². The number of aromatic nitrogens is 1. The van der Waals surface area contributed by atoms with E-state index in [0.29, 0.717) is 19.4 Å². The van der Waals surface area contributed by atoms with Gasteiger partial charge in [-0.2, -0.15) is 0 Å². The summed E-state index contributed by atoms with van der Waals surface area (Å²) < 4.78 is 5.65. The molecule has 1 aromatic heterocycles. The highest BCUT2D eigenvalue weighted by atomic mass is 16.5. The average Bonchev–Trinajstić information content (AvgIpc) is 2.31. The zero-order chi connectivity index (χ0) is 11.4. The number of ether oxygens (including phenoxy) is 1. The van der Waals surface area contributed by atoms with Gasteiger partial charge in [-0.05, 0) is 12.5 Å². The van der Waals surface area contributed by atoms with E-state index in [4.69, 9.17) is 4.74 Å². The van der Waals surface area contributed by atoms with Gasteiger partial charge in [-0.3, -0.25) is 4.98 Å². The van der Waals surface area contributed by atoms with Crippen LogP contribution in [0.4, 0.5) is 0 Å². The Morgan fingerprint density at radius 1 is 1.62 bits per heavy atom. The second kappa shape index (κ2) is 4.93. The van der Waals surface area contributed by atoms with Gasteiger partial charge in [-0.1, -0.05) is 19.4 Å². The van der Waals surface area contributed by atoms with Gasteiger partial charge in [0.05, 0.1) is 18.3 Å². The summed E-state index contributed by atoms with van der Waals surface area (Å²) >= 11 is 0. The van der Waals surface area contributed by atoms with Crippen molar-refractivity contribution >= 4 is 0 Å². The molecule has 0 bridgehead atoms. The van der Waals surface area contributed by atoms with Crippen molar-refractivity contribution in [2.45, 2.75) is 44.3 Å². The van der Waals surface area contributed by atoms with E-state index < -0.39 is 5.60 Å². The van der Waals surface area contributed by atoms with Gasteiger partial charge in [0.2, 0.25) is 0 Å². The van der Waals surface area contributed by atoms with Crippen molar-refractivity contribution in [3.63, 3.8) is 0 Å². The molecule has 2 atom stereocenters. The molecule has 2 heterocycles. The largest absolute Gasteiger partial charge is 0.385 e. The molecule has 0 saturated carbocycles. The topological polar surface area (TPSA) is 42.4 Å². The molecule has 88 valence electrons. The first-order valence-electron chi connectivity index (χ1n) is 5.99. The van der Waals surface area contributed by atoms with Crippen molar-refractivity contribution < 1.29 is 9.84 Å². The van der Waals surface area contributed by atoms with E-state index in [1.165, 1.54) is 0 Å². The predicted octanol–water partition coefficient (Wildman–Crippen LogP) is 2.25. The molecule has 0 spiro atoms. The van der Waals surface area contributed by atoms with Crippen LogP contribution in [0.25, 0.3) is 0 Å². The van der Waals surface area contributed by atoms with E-state index in [-0.39, 0.29) is 6.10 Å². The third-order valence-corrected chi connectivity index (χ3v) is 3.24. The van der Waals surface area contributed by atoms with Crippen LogP contribution in [-0.4, -0.2) is 22.8 Å². The molecular weight excluding hydrogens is 202 g/mol. The molecule has 3 heteroatoms. The van der Waals surface area contributed by atoms with Gasteiger partial charge < -0.3 is 9.84 Å². The van der Waals surface area contributed by atoms with Gasteiger partial charge in [0, 0.05) is 30.8 Å². The molecule has 0 aromatic carbocycles. The number of hydrogen-bond donors (Lipinski definition) is 1. The molecule has 2 unspecified atom stereocenters. The SMILES string of the molecule is CCCC1CC(O)(c2cccnc2)CCO1. The number of rotatable bonds is 3. The molecule has 0 amide bonds. The molecule has 0 aliphatic carbocycles. The summed E-state index contributed by atoms with van der Waals surface area (Å²) in [5.74, 6) is 0. The fourth-order valence-corrected chi connectivity index (χ4v) is 2.34. The van der Waals surface area contributed by atoms with Crippen molar-refractivity contribution in [3.05, 3.63) is 30.1 Å². The highest BCUT2D eigenvalue weighted by molar-refractivity contribution is 5.18. The van der Waals surface area contributed by atoms with E-state index in [2.05, 4.69) is 11.9 Å². The molecule has 1 aromatic rings. The average molecular weight is 221 g/mol. The van der Waals surface area contributed by atoms with E-state index in [9.17, 15) is 5.11 Å². The maximum absolute atomic E-state index is 10.6. The number of nitrogens with zero attached hydrogens (tertiary/aromatic N) is 1. The van der Waals surface area contributed by atoms with Crippen LogP contribution in [-0.2, 0) is 10.3 Å². The van der Waals surface area contributed by atoms with Crippen LogP contribution < -0.4 is 0 Å². The summed E-state index contributed by atoms with van der Waals surface area (Å²) in [5, 5.41) is 10.6. The molecule has 2 rings (SSSR count). The first-order chi connectivity index (χ1) is 7.74. The zero-order valence-electron chi connectivity index (χ0n) is 9.72. The summed E-state index contributed by atoms with van der Waals surface area (Å²) in [6, 6.07) is 3.82. The Balaban J connectivity index is 2.12. The number of hydrogen-bond acceptors (Lipinski definition) is 3. The van der Waals surface area contributed by atoms with Gasteiger partial charge in [0.15, 0.2) is 0 Å². The van der Waals surface area contributed by atoms with Crippen molar-refractivity contribution in [1.82, 2.24) is 4.98 Å². The number of pyridine rings is 1. The Morgan fingerprint density at radius 2 is 2.50 bits per heavy atom. The molecule has 1 saturated heterocycles. The highest BCUT2D eigenvalue weighted by Crippen LogP contribution is 2.35. The molecule has 16 heavy (non-hydrogen) atoms. The first-order valence-corrected chi connectivity index (χ1v) is 5.99. The van der Waals surface area contributed by atoms with Crippen molar-refractivity contribution in [2.24, 2.45) is 0 Å². The Morgan fingerprint density at radius 3 is 3.19 bits per heavy atom. The molecule has 1 aliphatic heterocycles. The van der Waals surface area contributed by atoms with Crippen LogP contribution in [0.1, 0.15) is 38.2 Å². The Kier molecular flexibility index (Phi) is 3.56. The minimum absolute atomic E-state index is 0.184. The van der Waals surface area contributed by atoms with Crippen molar-refractivity contribution in [3.8, 4) is 0 Å². The molecule has 0 radical (unpaired) electrons. The van der Waals surface area contributed by atoms with Crippen LogP contribution in [0.15, 0.2) is 24.5 Å². The van der Waals surface area contributed by atoms with Crippen LogP contribution in [0.2, 0.25) is 0 Å². The maximum atomic E-state index is 10.6. The minimum atomic E-state index is -0.744. The van der Waals surface area contributed by atoms with Gasteiger partial charge in [-0.15, -0.1) is 0 Å². The first kappa shape index (κ1) is 11.6. The summed E-state index contributed by atoms with van der Waals surface area (Å²) in [6.45, 7) is 2.77. The summed E-state index contributed by atoms with van der Waals surface area (Å²) in [6.07, 6.45) is 7.13. The van der Waals surface area contributed by atoms with Gasteiger partial charge in [0.1, 0.15) is 0 Å². The fraction of sp³-hybridized carbons (Fsp3) is 0.615. The molecule has 1 fully saturated rings. The Bertz CT molecular complexity index is 326. The normalized spacial score (nSPS) is 30.2. The lowest BCUT2D eigenvalue weighted by atomic mass is 9.83.